The van der Waals surface area contributed by atoms with Crippen molar-refractivity contribution in [3.8, 4) is 11.5 Å². The summed E-state index contributed by atoms with van der Waals surface area (Å²) in [5.41, 5.74) is 3.05. The molecule has 0 fully saturated rings. The maximum atomic E-state index is 9.84. The van der Waals surface area contributed by atoms with Gasteiger partial charge in [-0.05, 0) is 48.4 Å². The van der Waals surface area contributed by atoms with E-state index < -0.39 is 0 Å². The third kappa shape index (κ3) is 4.63. The number of nitrogens with zero attached hydrogens (tertiary/aromatic N) is 2. The van der Waals surface area contributed by atoms with Crippen molar-refractivity contribution in [3.63, 3.8) is 0 Å². The monoisotopic (exact) mass is 346 g/mol. The van der Waals surface area contributed by atoms with Crippen LogP contribution in [-0.2, 0) is 6.54 Å². The quantitative estimate of drug-likeness (QED) is 0.492. The number of phenols is 1. The van der Waals surface area contributed by atoms with Gasteiger partial charge >= 0.3 is 0 Å². The van der Waals surface area contributed by atoms with Gasteiger partial charge < -0.3 is 9.84 Å². The molecule has 0 aliphatic carbocycles. The minimum absolute atomic E-state index is 0.133. The number of hydrogen-bond donors (Lipinski definition) is 1. The van der Waals surface area contributed by atoms with E-state index in [4.69, 9.17) is 4.74 Å². The van der Waals surface area contributed by atoms with Crippen molar-refractivity contribution in [2.45, 2.75) is 13.5 Å². The molecule has 0 amide bonds. The van der Waals surface area contributed by atoms with Crippen LogP contribution < -0.4 is 9.75 Å². The summed E-state index contributed by atoms with van der Waals surface area (Å²) < 4.78 is 5.44. The number of hydrogen-bond acceptors (Lipinski definition) is 4. The van der Waals surface area contributed by atoms with Gasteiger partial charge in [0.25, 0.3) is 0 Å². The van der Waals surface area contributed by atoms with E-state index in [2.05, 4.69) is 17.2 Å². The molecule has 3 aromatic carbocycles. The van der Waals surface area contributed by atoms with E-state index >= 15 is 0 Å². The summed E-state index contributed by atoms with van der Waals surface area (Å²) in [6.07, 6.45) is 1.78. The lowest BCUT2D eigenvalue weighted by atomic mass is 10.2. The molecule has 0 aliphatic heterocycles. The fourth-order valence-corrected chi connectivity index (χ4v) is 2.57. The third-order valence-corrected chi connectivity index (χ3v) is 3.86. The first-order valence-corrected chi connectivity index (χ1v) is 8.62. The number of anilines is 1. The zero-order valence-electron chi connectivity index (χ0n) is 14.7. The maximum absolute atomic E-state index is 9.84. The van der Waals surface area contributed by atoms with E-state index in [9.17, 15) is 5.11 Å². The largest absolute Gasteiger partial charge is 0.504 e. The highest BCUT2D eigenvalue weighted by Gasteiger charge is 2.06. The SMILES string of the molecule is CCOc1cc(/C=N/N(Cc2ccccc2)c2ccccc2)ccc1O. The first-order chi connectivity index (χ1) is 12.8. The lowest BCUT2D eigenvalue weighted by Crippen LogP contribution is -2.16. The van der Waals surface area contributed by atoms with Crippen molar-refractivity contribution < 1.29 is 9.84 Å². The number of para-hydroxylation sites is 1. The fraction of sp³-hybridized carbons (Fsp3) is 0.136. The number of hydrazone groups is 1. The van der Waals surface area contributed by atoms with Crippen molar-refractivity contribution in [1.29, 1.82) is 0 Å². The zero-order valence-corrected chi connectivity index (χ0v) is 14.7. The van der Waals surface area contributed by atoms with Gasteiger partial charge in [0, 0.05) is 0 Å². The van der Waals surface area contributed by atoms with Crippen LogP contribution in [0.2, 0.25) is 0 Å². The molecule has 0 saturated heterocycles. The van der Waals surface area contributed by atoms with Crippen LogP contribution in [0.1, 0.15) is 18.1 Å². The fourth-order valence-electron chi connectivity index (χ4n) is 2.57. The van der Waals surface area contributed by atoms with E-state index in [-0.39, 0.29) is 5.75 Å². The predicted octanol–water partition coefficient (Wildman–Crippen LogP) is 4.83. The molecular formula is C22H22N2O2. The van der Waals surface area contributed by atoms with Crippen molar-refractivity contribution in [2.75, 3.05) is 11.6 Å². The lowest BCUT2D eigenvalue weighted by Gasteiger charge is -2.19. The molecule has 3 rings (SSSR count). The van der Waals surface area contributed by atoms with Gasteiger partial charge in [0.15, 0.2) is 11.5 Å². The summed E-state index contributed by atoms with van der Waals surface area (Å²) in [5.74, 6) is 0.596. The molecule has 4 nitrogen and oxygen atoms in total. The Labute approximate surface area is 154 Å². The Morgan fingerprint density at radius 1 is 0.962 bits per heavy atom. The van der Waals surface area contributed by atoms with E-state index in [1.54, 1.807) is 18.3 Å². The molecule has 0 saturated carbocycles. The Morgan fingerprint density at radius 2 is 1.65 bits per heavy atom. The number of aromatic hydroxyl groups is 1. The molecule has 0 bridgehead atoms. The highest BCUT2D eigenvalue weighted by molar-refractivity contribution is 5.81. The summed E-state index contributed by atoms with van der Waals surface area (Å²) in [4.78, 5) is 0. The Bertz CT molecular complexity index is 849. The first kappa shape index (κ1) is 17.5. The molecule has 0 radical (unpaired) electrons. The second kappa shape index (κ2) is 8.72. The van der Waals surface area contributed by atoms with Gasteiger partial charge in [0.05, 0.1) is 25.1 Å². The number of benzene rings is 3. The molecular weight excluding hydrogens is 324 g/mol. The third-order valence-electron chi connectivity index (χ3n) is 3.86. The van der Waals surface area contributed by atoms with Crippen molar-refractivity contribution in [1.82, 2.24) is 0 Å². The average Bonchev–Trinajstić information content (AvgIpc) is 2.69. The zero-order chi connectivity index (χ0) is 18.2. The average molecular weight is 346 g/mol. The molecule has 26 heavy (non-hydrogen) atoms. The Kier molecular flexibility index (Phi) is 5.88. The molecule has 0 heterocycles. The van der Waals surface area contributed by atoms with Crippen LogP contribution in [0.5, 0.6) is 11.5 Å². The lowest BCUT2D eigenvalue weighted by molar-refractivity contribution is 0.318. The van der Waals surface area contributed by atoms with Crippen LogP contribution in [0.3, 0.4) is 0 Å². The summed E-state index contributed by atoms with van der Waals surface area (Å²) in [5, 5.41) is 16.4. The van der Waals surface area contributed by atoms with E-state index in [1.807, 2.05) is 66.5 Å². The summed E-state index contributed by atoms with van der Waals surface area (Å²) in [6, 6.07) is 25.5. The predicted molar refractivity (Wildman–Crippen MR) is 106 cm³/mol. The van der Waals surface area contributed by atoms with Crippen molar-refractivity contribution >= 4 is 11.9 Å². The Hall–Kier alpha value is -3.27. The number of rotatable bonds is 7. The van der Waals surface area contributed by atoms with Gasteiger partial charge in [-0.2, -0.15) is 5.10 Å². The summed E-state index contributed by atoms with van der Waals surface area (Å²) in [7, 11) is 0. The van der Waals surface area contributed by atoms with Crippen LogP contribution in [-0.4, -0.2) is 17.9 Å². The van der Waals surface area contributed by atoms with Crippen LogP contribution in [0.25, 0.3) is 0 Å². The van der Waals surface area contributed by atoms with E-state index in [0.717, 1.165) is 11.3 Å². The molecule has 3 aromatic rings. The number of ether oxygens (including phenoxy) is 1. The highest BCUT2D eigenvalue weighted by Crippen LogP contribution is 2.26. The molecule has 0 atom stereocenters. The van der Waals surface area contributed by atoms with Gasteiger partial charge in [-0.1, -0.05) is 48.5 Å². The second-order valence-electron chi connectivity index (χ2n) is 5.78. The van der Waals surface area contributed by atoms with Gasteiger partial charge in [-0.3, -0.25) is 5.01 Å². The topological polar surface area (TPSA) is 45.1 Å². The maximum Gasteiger partial charge on any atom is 0.161 e. The van der Waals surface area contributed by atoms with E-state index in [0.29, 0.717) is 18.9 Å². The Balaban J connectivity index is 1.85. The van der Waals surface area contributed by atoms with Gasteiger partial charge in [-0.15, -0.1) is 0 Å². The normalized spacial score (nSPS) is 10.8. The summed E-state index contributed by atoms with van der Waals surface area (Å²) in [6.45, 7) is 3.05. The van der Waals surface area contributed by atoms with Crippen molar-refractivity contribution in [2.24, 2.45) is 5.10 Å². The molecule has 0 aromatic heterocycles. The standard InChI is InChI=1S/C22H22N2O2/c1-2-26-22-15-19(13-14-21(22)25)16-23-24(20-11-7-4-8-12-20)17-18-9-5-3-6-10-18/h3-16,25H,2,17H2,1H3/b23-16+. The van der Waals surface area contributed by atoms with Gasteiger partial charge in [0.1, 0.15) is 0 Å². The molecule has 0 aliphatic rings. The van der Waals surface area contributed by atoms with Crippen molar-refractivity contribution in [3.05, 3.63) is 90.0 Å². The Morgan fingerprint density at radius 3 is 2.35 bits per heavy atom. The molecule has 4 heteroatoms. The summed E-state index contributed by atoms with van der Waals surface area (Å²) >= 11 is 0. The van der Waals surface area contributed by atoms with Crippen LogP contribution in [0.4, 0.5) is 5.69 Å². The second-order valence-corrected chi connectivity index (χ2v) is 5.78. The van der Waals surface area contributed by atoms with Gasteiger partial charge in [-0.25, -0.2) is 0 Å². The molecule has 132 valence electrons. The van der Waals surface area contributed by atoms with Gasteiger partial charge in [0.2, 0.25) is 0 Å². The number of phenolic OH excluding ortho intramolecular Hbond substituents is 1. The minimum Gasteiger partial charge on any atom is -0.504 e. The molecule has 1 N–H and O–H groups in total. The molecule has 0 spiro atoms. The van der Waals surface area contributed by atoms with Crippen LogP contribution in [0.15, 0.2) is 84.0 Å². The highest BCUT2D eigenvalue weighted by atomic mass is 16.5. The van der Waals surface area contributed by atoms with Crippen LogP contribution in [0, 0.1) is 0 Å². The first-order valence-electron chi connectivity index (χ1n) is 8.62. The smallest absolute Gasteiger partial charge is 0.161 e. The minimum atomic E-state index is 0.133. The van der Waals surface area contributed by atoms with E-state index in [1.165, 1.54) is 5.56 Å². The molecule has 0 unspecified atom stereocenters. The van der Waals surface area contributed by atoms with Crippen LogP contribution >= 0.6 is 0 Å².